The van der Waals surface area contributed by atoms with E-state index in [-0.39, 0.29) is 24.3 Å². The second kappa shape index (κ2) is 4.98. The molecule has 0 amide bonds. The van der Waals surface area contributed by atoms with Crippen molar-refractivity contribution in [1.82, 2.24) is 0 Å². The molecule has 82 valence electrons. The second-order valence-electron chi connectivity index (χ2n) is 3.24. The molecular formula is C11H13F2NO. The third-order valence-electron chi connectivity index (χ3n) is 2.19. The average molecular weight is 213 g/mol. The van der Waals surface area contributed by atoms with Crippen LogP contribution in [-0.2, 0) is 6.42 Å². The van der Waals surface area contributed by atoms with E-state index in [1.165, 1.54) is 6.07 Å². The molecule has 0 bridgehead atoms. The maximum absolute atomic E-state index is 13.2. The molecule has 1 aromatic rings. The van der Waals surface area contributed by atoms with Crippen molar-refractivity contribution in [3.05, 3.63) is 34.9 Å². The zero-order chi connectivity index (χ0) is 11.4. The zero-order valence-corrected chi connectivity index (χ0v) is 8.52. The molecule has 2 nitrogen and oxygen atoms in total. The Labute approximate surface area is 87.1 Å². The third-order valence-corrected chi connectivity index (χ3v) is 2.19. The van der Waals surface area contributed by atoms with Crippen LogP contribution in [0.2, 0.25) is 0 Å². The molecule has 0 radical (unpaired) electrons. The third kappa shape index (κ3) is 2.59. The Bertz CT molecular complexity index is 377. The summed E-state index contributed by atoms with van der Waals surface area (Å²) in [6.45, 7) is 1.91. The van der Waals surface area contributed by atoms with E-state index >= 15 is 0 Å². The van der Waals surface area contributed by atoms with Gasteiger partial charge in [-0.25, -0.2) is 8.78 Å². The average Bonchev–Trinajstić information content (AvgIpc) is 2.18. The topological polar surface area (TPSA) is 43.1 Å². The number of aryl methyl sites for hydroxylation is 1. The predicted octanol–water partition coefficient (Wildman–Crippen LogP) is 2.06. The highest BCUT2D eigenvalue weighted by atomic mass is 19.1. The number of carbonyl (C=O) groups excluding carboxylic acids is 1. The number of rotatable bonds is 4. The van der Waals surface area contributed by atoms with Crippen molar-refractivity contribution in [1.29, 1.82) is 0 Å². The van der Waals surface area contributed by atoms with Gasteiger partial charge in [0.25, 0.3) is 0 Å². The minimum absolute atomic E-state index is 0.0706. The van der Waals surface area contributed by atoms with Crippen molar-refractivity contribution in [2.45, 2.75) is 19.8 Å². The number of Topliss-reactive ketones (excluding diaryl/α,β-unsaturated/α-hetero) is 1. The largest absolute Gasteiger partial charge is 0.330 e. The van der Waals surface area contributed by atoms with Gasteiger partial charge in [-0.1, -0.05) is 6.92 Å². The monoisotopic (exact) mass is 213 g/mol. The Morgan fingerprint density at radius 3 is 2.53 bits per heavy atom. The highest BCUT2D eigenvalue weighted by molar-refractivity contribution is 5.96. The maximum atomic E-state index is 13.2. The van der Waals surface area contributed by atoms with Crippen molar-refractivity contribution in [2.24, 2.45) is 5.73 Å². The number of hydrogen-bond acceptors (Lipinski definition) is 2. The van der Waals surface area contributed by atoms with E-state index in [1.54, 1.807) is 6.92 Å². The highest BCUT2D eigenvalue weighted by Gasteiger charge is 2.14. The summed E-state index contributed by atoms with van der Waals surface area (Å²) in [5.74, 6) is -1.81. The first-order valence-electron chi connectivity index (χ1n) is 4.81. The summed E-state index contributed by atoms with van der Waals surface area (Å²) in [7, 11) is 0. The zero-order valence-electron chi connectivity index (χ0n) is 8.52. The SMILES string of the molecule is CCc1cc(C(=O)CCN)c(F)cc1F. The molecule has 2 N–H and O–H groups in total. The lowest BCUT2D eigenvalue weighted by atomic mass is 10.0. The van der Waals surface area contributed by atoms with Crippen LogP contribution in [0.4, 0.5) is 8.78 Å². The van der Waals surface area contributed by atoms with E-state index in [4.69, 9.17) is 5.73 Å². The van der Waals surface area contributed by atoms with Crippen LogP contribution in [0.25, 0.3) is 0 Å². The lowest BCUT2D eigenvalue weighted by molar-refractivity contribution is 0.0981. The summed E-state index contributed by atoms with van der Waals surface area (Å²) in [5.41, 5.74) is 5.47. The molecule has 1 aromatic carbocycles. The summed E-state index contributed by atoms with van der Waals surface area (Å²) in [5, 5.41) is 0. The molecule has 0 spiro atoms. The molecule has 0 saturated heterocycles. The predicted molar refractivity (Wildman–Crippen MR) is 53.7 cm³/mol. The van der Waals surface area contributed by atoms with Crippen molar-refractivity contribution in [3.63, 3.8) is 0 Å². The number of ketones is 1. The molecule has 0 atom stereocenters. The van der Waals surface area contributed by atoms with Crippen LogP contribution >= 0.6 is 0 Å². The first-order chi connectivity index (χ1) is 7.10. The maximum Gasteiger partial charge on any atom is 0.167 e. The Hall–Kier alpha value is -1.29. The summed E-state index contributed by atoms with van der Waals surface area (Å²) in [6.07, 6.45) is 0.501. The fourth-order valence-corrected chi connectivity index (χ4v) is 1.34. The van der Waals surface area contributed by atoms with Gasteiger partial charge in [0.1, 0.15) is 11.6 Å². The summed E-state index contributed by atoms with van der Waals surface area (Å²) < 4.78 is 26.3. The van der Waals surface area contributed by atoms with E-state index in [9.17, 15) is 13.6 Å². The molecule has 0 aromatic heterocycles. The second-order valence-corrected chi connectivity index (χ2v) is 3.24. The molecule has 1 rings (SSSR count). The Morgan fingerprint density at radius 2 is 2.00 bits per heavy atom. The number of hydrogen-bond donors (Lipinski definition) is 1. The van der Waals surface area contributed by atoms with Gasteiger partial charge < -0.3 is 5.73 Å². The molecule has 0 aliphatic heterocycles. The van der Waals surface area contributed by atoms with Gasteiger partial charge in [0.05, 0.1) is 5.56 Å². The molecule has 0 heterocycles. The standard InChI is InChI=1S/C11H13F2NO/c1-2-7-5-8(11(15)3-4-14)10(13)6-9(7)12/h5-6H,2-4,14H2,1H3. The lowest BCUT2D eigenvalue weighted by Gasteiger charge is -2.05. The van der Waals surface area contributed by atoms with E-state index in [1.807, 2.05) is 0 Å². The van der Waals surface area contributed by atoms with E-state index in [0.29, 0.717) is 12.0 Å². The van der Waals surface area contributed by atoms with E-state index in [0.717, 1.165) is 6.07 Å². The smallest absolute Gasteiger partial charge is 0.167 e. The lowest BCUT2D eigenvalue weighted by Crippen LogP contribution is -2.10. The van der Waals surface area contributed by atoms with Crippen molar-refractivity contribution < 1.29 is 13.6 Å². The molecule has 15 heavy (non-hydrogen) atoms. The molecule has 0 saturated carbocycles. The molecular weight excluding hydrogens is 200 g/mol. The Balaban J connectivity index is 3.12. The number of carbonyl (C=O) groups is 1. The van der Waals surface area contributed by atoms with Gasteiger partial charge >= 0.3 is 0 Å². The van der Waals surface area contributed by atoms with Crippen LogP contribution in [0.15, 0.2) is 12.1 Å². The van der Waals surface area contributed by atoms with Gasteiger partial charge in [-0.15, -0.1) is 0 Å². The fourth-order valence-electron chi connectivity index (χ4n) is 1.34. The summed E-state index contributed by atoms with van der Waals surface area (Å²) >= 11 is 0. The van der Waals surface area contributed by atoms with Crippen LogP contribution in [0.1, 0.15) is 29.3 Å². The van der Waals surface area contributed by atoms with E-state index in [2.05, 4.69) is 0 Å². The van der Waals surface area contributed by atoms with Crippen molar-refractivity contribution in [2.75, 3.05) is 6.54 Å². The minimum atomic E-state index is -0.817. The Kier molecular flexibility index (Phi) is 3.91. The Morgan fingerprint density at radius 1 is 1.33 bits per heavy atom. The molecule has 0 unspecified atom stereocenters. The fraction of sp³-hybridized carbons (Fsp3) is 0.364. The number of halogens is 2. The van der Waals surface area contributed by atoms with Gasteiger partial charge in [0.2, 0.25) is 0 Å². The van der Waals surface area contributed by atoms with Crippen LogP contribution in [0.3, 0.4) is 0 Å². The first kappa shape index (κ1) is 11.8. The molecule has 0 aliphatic carbocycles. The molecule has 0 aliphatic rings. The van der Waals surface area contributed by atoms with Crippen LogP contribution in [0, 0.1) is 11.6 Å². The van der Waals surface area contributed by atoms with Gasteiger partial charge in [-0.2, -0.15) is 0 Å². The first-order valence-corrected chi connectivity index (χ1v) is 4.81. The molecule has 4 heteroatoms. The normalized spacial score (nSPS) is 10.4. The van der Waals surface area contributed by atoms with Crippen LogP contribution < -0.4 is 5.73 Å². The number of nitrogens with two attached hydrogens (primary N) is 1. The van der Waals surface area contributed by atoms with E-state index < -0.39 is 11.6 Å². The molecule has 0 fully saturated rings. The van der Waals surface area contributed by atoms with Crippen LogP contribution in [0.5, 0.6) is 0 Å². The van der Waals surface area contributed by atoms with Gasteiger partial charge in [-0.3, -0.25) is 4.79 Å². The highest BCUT2D eigenvalue weighted by Crippen LogP contribution is 2.16. The van der Waals surface area contributed by atoms with Crippen molar-refractivity contribution in [3.8, 4) is 0 Å². The van der Waals surface area contributed by atoms with Crippen LogP contribution in [-0.4, -0.2) is 12.3 Å². The quantitative estimate of drug-likeness (QED) is 0.778. The van der Waals surface area contributed by atoms with Gasteiger partial charge in [-0.05, 0) is 24.6 Å². The number of benzene rings is 1. The van der Waals surface area contributed by atoms with Gasteiger partial charge in [0.15, 0.2) is 5.78 Å². The van der Waals surface area contributed by atoms with Gasteiger partial charge in [0, 0.05) is 12.5 Å². The minimum Gasteiger partial charge on any atom is -0.330 e. The summed E-state index contributed by atoms with van der Waals surface area (Å²) in [4.78, 5) is 11.4. The summed E-state index contributed by atoms with van der Waals surface area (Å²) in [6, 6.07) is 2.02. The van der Waals surface area contributed by atoms with Crippen molar-refractivity contribution >= 4 is 5.78 Å².